The first-order chi connectivity index (χ1) is 8.72. The van der Waals surface area contributed by atoms with E-state index in [2.05, 4.69) is 18.7 Å². The van der Waals surface area contributed by atoms with Gasteiger partial charge in [-0.3, -0.25) is 0 Å². The molecule has 2 N–H and O–H groups in total. The van der Waals surface area contributed by atoms with Crippen LogP contribution < -0.4 is 10.6 Å². The fourth-order valence-electron chi connectivity index (χ4n) is 2.31. The van der Waals surface area contributed by atoms with Gasteiger partial charge in [0.15, 0.2) is 9.84 Å². The molecule has 1 fully saturated rings. The highest BCUT2D eigenvalue weighted by Gasteiger charge is 2.31. The molecule has 1 aromatic carbocycles. The Morgan fingerprint density at radius 3 is 2.58 bits per heavy atom. The summed E-state index contributed by atoms with van der Waals surface area (Å²) in [4.78, 5) is 2.41. The van der Waals surface area contributed by atoms with Crippen molar-refractivity contribution < 1.29 is 13.2 Å². The summed E-state index contributed by atoms with van der Waals surface area (Å²) in [6.45, 7) is 6.18. The largest absolute Gasteiger partial charge is 0.397 e. The minimum Gasteiger partial charge on any atom is -0.397 e. The number of hydrogen-bond donors (Lipinski definition) is 1. The van der Waals surface area contributed by atoms with Crippen LogP contribution in [-0.2, 0) is 14.6 Å². The Morgan fingerprint density at radius 2 is 2.05 bits per heavy atom. The number of sulfone groups is 1. The third kappa shape index (κ3) is 2.84. The number of morpholine rings is 1. The van der Waals surface area contributed by atoms with E-state index < -0.39 is 9.84 Å². The van der Waals surface area contributed by atoms with Crippen LogP contribution in [0, 0.1) is 0 Å². The zero-order valence-electron chi connectivity index (χ0n) is 11.5. The average molecular weight is 284 g/mol. The van der Waals surface area contributed by atoms with Crippen molar-refractivity contribution in [2.75, 3.05) is 36.6 Å². The second-order valence-corrected chi connectivity index (χ2v) is 7.53. The Labute approximate surface area is 114 Å². The molecule has 106 valence electrons. The lowest BCUT2D eigenvalue weighted by molar-refractivity contribution is 0.0645. The number of rotatable bonds is 2. The molecule has 1 saturated heterocycles. The van der Waals surface area contributed by atoms with E-state index in [4.69, 9.17) is 10.5 Å². The number of nitrogen functional groups attached to an aromatic ring is 1. The fourth-order valence-corrected chi connectivity index (χ4v) is 2.97. The molecule has 0 saturated carbocycles. The summed E-state index contributed by atoms with van der Waals surface area (Å²) in [5, 5.41) is 0. The van der Waals surface area contributed by atoms with Crippen molar-refractivity contribution in [2.45, 2.75) is 24.3 Å². The highest BCUT2D eigenvalue weighted by Crippen LogP contribution is 2.32. The number of anilines is 2. The molecule has 0 spiro atoms. The monoisotopic (exact) mass is 284 g/mol. The van der Waals surface area contributed by atoms with E-state index in [-0.39, 0.29) is 10.4 Å². The average Bonchev–Trinajstić information content (AvgIpc) is 2.28. The Balaban J connectivity index is 2.41. The van der Waals surface area contributed by atoms with Gasteiger partial charge in [-0.15, -0.1) is 0 Å². The van der Waals surface area contributed by atoms with Crippen LogP contribution in [0.15, 0.2) is 23.1 Å². The maximum atomic E-state index is 11.5. The summed E-state index contributed by atoms with van der Waals surface area (Å²) in [6, 6.07) is 4.90. The summed E-state index contributed by atoms with van der Waals surface area (Å²) >= 11 is 0. The van der Waals surface area contributed by atoms with Crippen molar-refractivity contribution in [3.8, 4) is 0 Å². The minimum absolute atomic E-state index is 0.154. The van der Waals surface area contributed by atoms with Crippen LogP contribution in [-0.4, -0.2) is 40.0 Å². The molecule has 1 aliphatic heterocycles. The molecular weight excluding hydrogens is 264 g/mol. The molecule has 0 aliphatic carbocycles. The predicted molar refractivity (Wildman–Crippen MR) is 76.2 cm³/mol. The number of ether oxygens (including phenoxy) is 1. The summed E-state index contributed by atoms with van der Waals surface area (Å²) in [6.07, 6.45) is 1.18. The minimum atomic E-state index is -3.22. The topological polar surface area (TPSA) is 72.6 Å². The van der Waals surface area contributed by atoms with Crippen molar-refractivity contribution in [1.29, 1.82) is 0 Å². The summed E-state index contributed by atoms with van der Waals surface area (Å²) < 4.78 is 28.5. The van der Waals surface area contributed by atoms with Gasteiger partial charge < -0.3 is 15.4 Å². The maximum absolute atomic E-state index is 11.5. The molecule has 0 bridgehead atoms. The van der Waals surface area contributed by atoms with E-state index in [1.165, 1.54) is 12.3 Å². The second-order valence-electron chi connectivity index (χ2n) is 5.51. The van der Waals surface area contributed by atoms with Crippen LogP contribution in [0.3, 0.4) is 0 Å². The SMILES string of the molecule is CC1(C)COCCN1c1ccc(S(C)(=O)=O)cc1N. The molecule has 1 aromatic rings. The molecule has 0 aromatic heterocycles. The van der Waals surface area contributed by atoms with Gasteiger partial charge in [0.1, 0.15) is 0 Å². The number of benzene rings is 1. The third-order valence-electron chi connectivity index (χ3n) is 3.36. The van der Waals surface area contributed by atoms with Crippen LogP contribution in [0.2, 0.25) is 0 Å². The van der Waals surface area contributed by atoms with Gasteiger partial charge in [0.2, 0.25) is 0 Å². The van der Waals surface area contributed by atoms with Gasteiger partial charge >= 0.3 is 0 Å². The first kappa shape index (κ1) is 14.1. The quantitative estimate of drug-likeness (QED) is 0.828. The van der Waals surface area contributed by atoms with Crippen LogP contribution in [0.4, 0.5) is 11.4 Å². The lowest BCUT2D eigenvalue weighted by atomic mass is 10.0. The second kappa shape index (κ2) is 4.68. The molecule has 2 rings (SSSR count). The fraction of sp³-hybridized carbons (Fsp3) is 0.538. The van der Waals surface area contributed by atoms with Gasteiger partial charge in [0, 0.05) is 12.8 Å². The van der Waals surface area contributed by atoms with E-state index in [1.54, 1.807) is 12.1 Å². The number of nitrogens with two attached hydrogens (primary N) is 1. The Kier molecular flexibility index (Phi) is 3.49. The van der Waals surface area contributed by atoms with Crippen LogP contribution in [0.5, 0.6) is 0 Å². The van der Waals surface area contributed by atoms with Crippen molar-refractivity contribution >= 4 is 21.2 Å². The van der Waals surface area contributed by atoms with Crippen molar-refractivity contribution in [3.05, 3.63) is 18.2 Å². The van der Waals surface area contributed by atoms with Crippen molar-refractivity contribution in [3.63, 3.8) is 0 Å². The van der Waals surface area contributed by atoms with Gasteiger partial charge in [-0.05, 0) is 32.0 Å². The summed E-state index contributed by atoms with van der Waals surface area (Å²) in [5.41, 5.74) is 7.22. The Morgan fingerprint density at radius 1 is 1.37 bits per heavy atom. The molecule has 1 aliphatic rings. The van der Waals surface area contributed by atoms with Crippen molar-refractivity contribution in [1.82, 2.24) is 0 Å². The summed E-state index contributed by atoms with van der Waals surface area (Å²) in [7, 11) is -3.22. The third-order valence-corrected chi connectivity index (χ3v) is 4.47. The Hall–Kier alpha value is -1.27. The van der Waals surface area contributed by atoms with Crippen LogP contribution in [0.25, 0.3) is 0 Å². The maximum Gasteiger partial charge on any atom is 0.175 e. The molecule has 1 heterocycles. The highest BCUT2D eigenvalue weighted by molar-refractivity contribution is 7.90. The summed E-state index contributed by atoms with van der Waals surface area (Å²) in [5.74, 6) is 0. The van der Waals surface area contributed by atoms with Gasteiger partial charge in [-0.2, -0.15) is 0 Å². The zero-order valence-corrected chi connectivity index (χ0v) is 12.3. The molecule has 0 unspecified atom stereocenters. The molecule has 0 amide bonds. The first-order valence-corrected chi connectivity index (χ1v) is 8.06. The lowest BCUT2D eigenvalue weighted by Gasteiger charge is -2.44. The zero-order chi connectivity index (χ0) is 14.3. The molecule has 6 heteroatoms. The molecule has 0 radical (unpaired) electrons. The molecular formula is C13H20N2O3S. The van der Waals surface area contributed by atoms with E-state index in [9.17, 15) is 8.42 Å². The Bertz CT molecular complexity index is 582. The van der Waals surface area contributed by atoms with Gasteiger partial charge in [-0.1, -0.05) is 0 Å². The molecule has 19 heavy (non-hydrogen) atoms. The highest BCUT2D eigenvalue weighted by atomic mass is 32.2. The number of nitrogens with zero attached hydrogens (tertiary/aromatic N) is 1. The molecule has 0 atom stereocenters. The van der Waals surface area contributed by atoms with Crippen LogP contribution >= 0.6 is 0 Å². The van der Waals surface area contributed by atoms with E-state index in [1.807, 2.05) is 0 Å². The standard InChI is InChI=1S/C13H20N2O3S/c1-13(2)9-18-7-6-15(13)12-5-4-10(8-11(12)14)19(3,16)17/h4-5,8H,6-7,9,14H2,1-3H3. The van der Waals surface area contributed by atoms with Crippen LogP contribution in [0.1, 0.15) is 13.8 Å². The van der Waals surface area contributed by atoms with Gasteiger partial charge in [0.05, 0.1) is 35.0 Å². The lowest BCUT2D eigenvalue weighted by Crippen LogP contribution is -2.53. The smallest absolute Gasteiger partial charge is 0.175 e. The number of hydrogen-bond acceptors (Lipinski definition) is 5. The van der Waals surface area contributed by atoms with E-state index >= 15 is 0 Å². The molecule has 5 nitrogen and oxygen atoms in total. The van der Waals surface area contributed by atoms with Gasteiger partial charge in [0.25, 0.3) is 0 Å². The normalized spacial score (nSPS) is 19.4. The van der Waals surface area contributed by atoms with Crippen molar-refractivity contribution in [2.24, 2.45) is 0 Å². The first-order valence-electron chi connectivity index (χ1n) is 6.17. The van der Waals surface area contributed by atoms with E-state index in [0.717, 1.165) is 12.2 Å². The van der Waals surface area contributed by atoms with E-state index in [0.29, 0.717) is 18.9 Å². The van der Waals surface area contributed by atoms with Gasteiger partial charge in [-0.25, -0.2) is 8.42 Å². The predicted octanol–water partition coefficient (Wildman–Crippen LogP) is 1.29.